The molecule has 0 saturated carbocycles. The molecule has 100 valence electrons. The number of aliphatic hydroxyl groups is 1. The Morgan fingerprint density at radius 3 is 2.24 bits per heavy atom. The minimum atomic E-state index is -1.60. The second-order valence-electron chi connectivity index (χ2n) is 4.51. The second kappa shape index (κ2) is 7.27. The Bertz CT molecular complexity index is 262. The third-order valence-electron chi connectivity index (χ3n) is 2.76. The standard InChI is InChI=1S/C12H22O5/c1-4-17-11(16)12(7-8-13,10(14)15)6-5-9(2)3/h9,13H,4-8H2,1-3H3,(H,14,15). The largest absolute Gasteiger partial charge is 0.480 e. The molecule has 0 radical (unpaired) electrons. The van der Waals surface area contributed by atoms with Crippen LogP contribution in [-0.4, -0.2) is 35.4 Å². The second-order valence-corrected chi connectivity index (χ2v) is 4.51. The molecule has 2 N–H and O–H groups in total. The van der Waals surface area contributed by atoms with E-state index in [0.29, 0.717) is 12.3 Å². The SMILES string of the molecule is CCOC(=O)C(CCO)(CCC(C)C)C(=O)O. The summed E-state index contributed by atoms with van der Waals surface area (Å²) in [5.41, 5.74) is -1.60. The van der Waals surface area contributed by atoms with Crippen molar-refractivity contribution in [2.75, 3.05) is 13.2 Å². The zero-order valence-electron chi connectivity index (χ0n) is 10.7. The Balaban J connectivity index is 4.98. The van der Waals surface area contributed by atoms with Crippen LogP contribution in [0.3, 0.4) is 0 Å². The number of carbonyl (C=O) groups is 2. The van der Waals surface area contributed by atoms with Crippen LogP contribution in [0.15, 0.2) is 0 Å². The van der Waals surface area contributed by atoms with Crippen molar-refractivity contribution in [3.63, 3.8) is 0 Å². The average molecular weight is 246 g/mol. The fraction of sp³-hybridized carbons (Fsp3) is 0.833. The number of aliphatic carboxylic acids is 1. The molecule has 17 heavy (non-hydrogen) atoms. The molecule has 0 heterocycles. The molecular weight excluding hydrogens is 224 g/mol. The van der Waals surface area contributed by atoms with Gasteiger partial charge in [-0.2, -0.15) is 0 Å². The van der Waals surface area contributed by atoms with Crippen LogP contribution in [0.4, 0.5) is 0 Å². The molecule has 0 amide bonds. The van der Waals surface area contributed by atoms with Gasteiger partial charge in [-0.25, -0.2) is 0 Å². The fourth-order valence-electron chi connectivity index (χ4n) is 1.63. The number of ether oxygens (including phenoxy) is 1. The molecule has 0 spiro atoms. The van der Waals surface area contributed by atoms with Gasteiger partial charge in [0.15, 0.2) is 5.41 Å². The van der Waals surface area contributed by atoms with Gasteiger partial charge >= 0.3 is 11.9 Å². The first-order chi connectivity index (χ1) is 7.90. The van der Waals surface area contributed by atoms with Crippen LogP contribution in [0.1, 0.15) is 40.0 Å². The quantitative estimate of drug-likeness (QED) is 0.500. The van der Waals surface area contributed by atoms with Gasteiger partial charge in [-0.3, -0.25) is 9.59 Å². The van der Waals surface area contributed by atoms with E-state index in [4.69, 9.17) is 9.84 Å². The molecule has 0 aromatic heterocycles. The Morgan fingerprint density at radius 2 is 1.88 bits per heavy atom. The van der Waals surface area contributed by atoms with Crippen molar-refractivity contribution in [3.8, 4) is 0 Å². The molecule has 0 aliphatic rings. The number of carbonyl (C=O) groups excluding carboxylic acids is 1. The number of esters is 1. The van der Waals surface area contributed by atoms with E-state index in [9.17, 15) is 14.7 Å². The highest BCUT2D eigenvalue weighted by Gasteiger charge is 2.46. The van der Waals surface area contributed by atoms with E-state index in [1.807, 2.05) is 13.8 Å². The molecular formula is C12H22O5. The van der Waals surface area contributed by atoms with Gasteiger partial charge in [0.1, 0.15) is 0 Å². The van der Waals surface area contributed by atoms with Crippen LogP contribution >= 0.6 is 0 Å². The smallest absolute Gasteiger partial charge is 0.323 e. The van der Waals surface area contributed by atoms with Crippen molar-refractivity contribution < 1.29 is 24.5 Å². The predicted molar refractivity (Wildman–Crippen MR) is 62.5 cm³/mol. The highest BCUT2D eigenvalue weighted by Crippen LogP contribution is 2.32. The van der Waals surface area contributed by atoms with Gasteiger partial charge in [-0.1, -0.05) is 13.8 Å². The van der Waals surface area contributed by atoms with Crippen molar-refractivity contribution in [3.05, 3.63) is 0 Å². The molecule has 0 rings (SSSR count). The zero-order chi connectivity index (χ0) is 13.5. The molecule has 0 aliphatic carbocycles. The van der Waals surface area contributed by atoms with E-state index in [1.54, 1.807) is 6.92 Å². The maximum atomic E-state index is 11.8. The Hall–Kier alpha value is -1.10. The van der Waals surface area contributed by atoms with Gasteiger partial charge in [0.25, 0.3) is 0 Å². The van der Waals surface area contributed by atoms with Gasteiger partial charge in [0.05, 0.1) is 6.61 Å². The summed E-state index contributed by atoms with van der Waals surface area (Å²) >= 11 is 0. The summed E-state index contributed by atoms with van der Waals surface area (Å²) in [7, 11) is 0. The Morgan fingerprint density at radius 1 is 1.29 bits per heavy atom. The summed E-state index contributed by atoms with van der Waals surface area (Å²) in [5, 5.41) is 18.2. The van der Waals surface area contributed by atoms with Crippen LogP contribution in [-0.2, 0) is 14.3 Å². The van der Waals surface area contributed by atoms with E-state index in [-0.39, 0.29) is 26.1 Å². The summed E-state index contributed by atoms with van der Waals surface area (Å²) in [6.45, 7) is 5.34. The van der Waals surface area contributed by atoms with Crippen LogP contribution in [0.25, 0.3) is 0 Å². The van der Waals surface area contributed by atoms with Crippen LogP contribution < -0.4 is 0 Å². The summed E-state index contributed by atoms with van der Waals surface area (Å²) < 4.78 is 4.82. The lowest BCUT2D eigenvalue weighted by Crippen LogP contribution is -2.42. The van der Waals surface area contributed by atoms with E-state index in [0.717, 1.165) is 0 Å². The fourth-order valence-corrected chi connectivity index (χ4v) is 1.63. The molecule has 1 unspecified atom stereocenters. The van der Waals surface area contributed by atoms with Gasteiger partial charge in [-0.15, -0.1) is 0 Å². The van der Waals surface area contributed by atoms with E-state index < -0.39 is 17.4 Å². The van der Waals surface area contributed by atoms with Gasteiger partial charge in [0, 0.05) is 6.61 Å². The van der Waals surface area contributed by atoms with Gasteiger partial charge in [0.2, 0.25) is 0 Å². The summed E-state index contributed by atoms with van der Waals surface area (Å²) in [6, 6.07) is 0. The van der Waals surface area contributed by atoms with Crippen molar-refractivity contribution in [1.29, 1.82) is 0 Å². The number of hydrogen-bond acceptors (Lipinski definition) is 4. The van der Waals surface area contributed by atoms with Gasteiger partial charge in [-0.05, 0) is 32.1 Å². The molecule has 5 heteroatoms. The van der Waals surface area contributed by atoms with Crippen LogP contribution in [0, 0.1) is 11.3 Å². The number of carboxylic acids is 1. The Labute approximate surface area is 102 Å². The minimum absolute atomic E-state index is 0.103. The highest BCUT2D eigenvalue weighted by atomic mass is 16.5. The van der Waals surface area contributed by atoms with Crippen LogP contribution in [0.2, 0.25) is 0 Å². The first-order valence-electron chi connectivity index (χ1n) is 5.92. The van der Waals surface area contributed by atoms with E-state index in [1.165, 1.54) is 0 Å². The lowest BCUT2D eigenvalue weighted by molar-refractivity contribution is -0.170. The maximum Gasteiger partial charge on any atom is 0.323 e. The monoisotopic (exact) mass is 246 g/mol. The van der Waals surface area contributed by atoms with Gasteiger partial charge < -0.3 is 14.9 Å². The molecule has 0 fully saturated rings. The summed E-state index contributed by atoms with van der Waals surface area (Å²) in [4.78, 5) is 23.1. The van der Waals surface area contributed by atoms with Crippen molar-refractivity contribution in [2.45, 2.75) is 40.0 Å². The third kappa shape index (κ3) is 4.34. The average Bonchev–Trinajstić information content (AvgIpc) is 2.23. The summed E-state index contributed by atoms with van der Waals surface area (Å²) in [6.07, 6.45) is 0.693. The summed E-state index contributed by atoms with van der Waals surface area (Å²) in [5.74, 6) is -1.67. The van der Waals surface area contributed by atoms with Crippen molar-refractivity contribution in [2.24, 2.45) is 11.3 Å². The molecule has 5 nitrogen and oxygen atoms in total. The van der Waals surface area contributed by atoms with Crippen molar-refractivity contribution >= 4 is 11.9 Å². The topological polar surface area (TPSA) is 83.8 Å². The first kappa shape index (κ1) is 15.9. The molecule has 0 aromatic rings. The normalized spacial score (nSPS) is 14.4. The molecule has 1 atom stereocenters. The zero-order valence-corrected chi connectivity index (χ0v) is 10.7. The predicted octanol–water partition coefficient (Wildman–Crippen LogP) is 1.44. The number of carboxylic acid groups (broad SMARTS) is 1. The number of rotatable bonds is 8. The highest BCUT2D eigenvalue weighted by molar-refractivity contribution is 5.99. The molecule has 0 aromatic carbocycles. The lowest BCUT2D eigenvalue weighted by Gasteiger charge is -2.27. The molecule has 0 bridgehead atoms. The number of aliphatic hydroxyl groups excluding tert-OH is 1. The van der Waals surface area contributed by atoms with E-state index in [2.05, 4.69) is 0 Å². The van der Waals surface area contributed by atoms with Crippen molar-refractivity contribution in [1.82, 2.24) is 0 Å². The molecule has 0 saturated heterocycles. The Kier molecular flexibility index (Phi) is 6.80. The van der Waals surface area contributed by atoms with Crippen LogP contribution in [0.5, 0.6) is 0 Å². The number of hydrogen-bond donors (Lipinski definition) is 2. The minimum Gasteiger partial charge on any atom is -0.480 e. The maximum absolute atomic E-state index is 11.8. The first-order valence-corrected chi connectivity index (χ1v) is 5.92. The van der Waals surface area contributed by atoms with E-state index >= 15 is 0 Å². The molecule has 0 aliphatic heterocycles. The third-order valence-corrected chi connectivity index (χ3v) is 2.76. The lowest BCUT2D eigenvalue weighted by atomic mass is 9.78.